The predicted octanol–water partition coefficient (Wildman–Crippen LogP) is 15.3. The van der Waals surface area contributed by atoms with Crippen LogP contribution in [0.4, 0.5) is 0 Å². The highest BCUT2D eigenvalue weighted by Crippen LogP contribution is 2.46. The molecule has 7 heteroatoms. The zero-order chi connectivity index (χ0) is 41.9. The molecule has 330 valence electrons. The van der Waals surface area contributed by atoms with Gasteiger partial charge in [0.25, 0.3) is 0 Å². The van der Waals surface area contributed by atoms with Crippen molar-refractivity contribution in [3.05, 3.63) is 41.5 Å². The Hall–Kier alpha value is -3.35. The highest BCUT2D eigenvalue weighted by Gasteiger charge is 2.27. The number of hydrogen-bond acceptors (Lipinski definition) is 7. The molecule has 0 amide bonds. The molecule has 0 atom stereocenters. The van der Waals surface area contributed by atoms with Gasteiger partial charge in [-0.15, -0.1) is 0 Å². The molecule has 0 saturated heterocycles. The van der Waals surface area contributed by atoms with Crippen molar-refractivity contribution in [3.63, 3.8) is 0 Å². The molecule has 0 unspecified atom stereocenters. The fraction of sp³-hybridized carbons (Fsp3) is 0.706. The van der Waals surface area contributed by atoms with Crippen molar-refractivity contribution in [2.75, 3.05) is 39.6 Å². The zero-order valence-corrected chi connectivity index (χ0v) is 38.0. The number of carbonyl (C=O) groups is 1. The molecular weight excluding hydrogens is 725 g/mol. The largest absolute Gasteiger partial charge is 0.494 e. The van der Waals surface area contributed by atoms with Gasteiger partial charge < -0.3 is 28.4 Å². The van der Waals surface area contributed by atoms with Crippen LogP contribution in [-0.2, 0) is 0 Å². The first kappa shape index (κ1) is 50.8. The molecule has 0 aliphatic heterocycles. The second-order valence-electron chi connectivity index (χ2n) is 15.8. The van der Waals surface area contributed by atoms with E-state index in [0.717, 1.165) is 145 Å². The minimum absolute atomic E-state index is 0.223. The summed E-state index contributed by atoms with van der Waals surface area (Å²) in [6, 6.07) is 7.84. The second kappa shape index (κ2) is 34.5. The molecule has 0 aliphatic rings. The Balaban J connectivity index is 2.67. The molecule has 58 heavy (non-hydrogen) atoms. The first-order valence-electron chi connectivity index (χ1n) is 23.9. The number of carbonyl (C=O) groups excluding carboxylic acids is 1. The number of allylic oxidation sites excluding steroid dienone is 1. The minimum atomic E-state index is -0.223. The van der Waals surface area contributed by atoms with Gasteiger partial charge in [0, 0.05) is 11.6 Å². The lowest BCUT2D eigenvalue weighted by atomic mass is 10.0. The van der Waals surface area contributed by atoms with E-state index in [1.165, 1.54) is 25.7 Å². The summed E-state index contributed by atoms with van der Waals surface area (Å²) in [6.07, 6.45) is 29.6. The number of unbranched alkanes of at least 4 members (excludes halogenated alkanes) is 18. The van der Waals surface area contributed by atoms with Crippen LogP contribution in [0.3, 0.4) is 0 Å². The zero-order valence-electron chi connectivity index (χ0n) is 38.0. The molecule has 2 aromatic carbocycles. The summed E-state index contributed by atoms with van der Waals surface area (Å²) in [5.74, 6) is 3.25. The van der Waals surface area contributed by atoms with Gasteiger partial charge in [0.15, 0.2) is 28.8 Å². The van der Waals surface area contributed by atoms with Crippen LogP contribution < -0.4 is 28.4 Å². The van der Waals surface area contributed by atoms with E-state index in [4.69, 9.17) is 28.4 Å². The highest BCUT2D eigenvalue weighted by molar-refractivity contribution is 6.11. The molecular formula is C51H84O7. The van der Waals surface area contributed by atoms with Crippen LogP contribution in [0.25, 0.3) is 6.08 Å². The number of benzene rings is 2. The van der Waals surface area contributed by atoms with Gasteiger partial charge in [0.2, 0.25) is 0 Å². The third kappa shape index (κ3) is 21.6. The Kier molecular flexibility index (Phi) is 30.2. The van der Waals surface area contributed by atoms with Crippen LogP contribution in [0, 0.1) is 0 Å². The molecule has 2 aromatic rings. The van der Waals surface area contributed by atoms with Gasteiger partial charge in [0.1, 0.15) is 17.1 Å². The van der Waals surface area contributed by atoms with Crippen LogP contribution in [0.1, 0.15) is 212 Å². The second-order valence-corrected chi connectivity index (χ2v) is 15.8. The van der Waals surface area contributed by atoms with Gasteiger partial charge >= 0.3 is 0 Å². The standard InChI is InChI=1S/C51H84O7/c1-7-13-19-25-35-53-44-32-34-46(54-36-26-20-14-8-2)43(41-44)31-33-45(52)49-50(57-39-29-23-17-11-5)47(55-37-27-21-15-9-3)42-48(56-38-28-22-16-10-4)51(49)58-40-30-24-18-12-6/h31-34,41-42H,7-30,35-40H2,1-6H3. The predicted molar refractivity (Wildman–Crippen MR) is 244 cm³/mol. The molecule has 0 spiro atoms. The van der Waals surface area contributed by atoms with Crippen LogP contribution >= 0.6 is 0 Å². The molecule has 2 rings (SSSR count). The van der Waals surface area contributed by atoms with Crippen molar-refractivity contribution in [1.29, 1.82) is 0 Å². The molecule has 0 aromatic heterocycles. The van der Waals surface area contributed by atoms with E-state index >= 15 is 0 Å². The van der Waals surface area contributed by atoms with Crippen LogP contribution in [-0.4, -0.2) is 45.4 Å². The molecule has 0 heterocycles. The summed E-state index contributed by atoms with van der Waals surface area (Å²) in [7, 11) is 0. The van der Waals surface area contributed by atoms with Gasteiger partial charge in [-0.3, -0.25) is 4.79 Å². The molecule has 0 saturated carbocycles. The molecule has 0 aliphatic carbocycles. The summed E-state index contributed by atoms with van der Waals surface area (Å²) in [5, 5.41) is 0. The van der Waals surface area contributed by atoms with E-state index in [0.29, 0.717) is 68.2 Å². The fourth-order valence-corrected chi connectivity index (χ4v) is 6.71. The number of rotatable bonds is 39. The van der Waals surface area contributed by atoms with Crippen molar-refractivity contribution in [2.24, 2.45) is 0 Å². The lowest BCUT2D eigenvalue weighted by Gasteiger charge is -2.22. The quantitative estimate of drug-likeness (QED) is 0.0378. The summed E-state index contributed by atoms with van der Waals surface area (Å²) >= 11 is 0. The maximum atomic E-state index is 14.8. The van der Waals surface area contributed by atoms with Crippen LogP contribution in [0.15, 0.2) is 30.3 Å². The summed E-state index contributed by atoms with van der Waals surface area (Å²) in [4.78, 5) is 14.8. The third-order valence-electron chi connectivity index (χ3n) is 10.3. The van der Waals surface area contributed by atoms with Gasteiger partial charge in [0.05, 0.1) is 39.6 Å². The number of hydrogen-bond donors (Lipinski definition) is 0. The Labute approximate surface area is 355 Å². The van der Waals surface area contributed by atoms with E-state index in [1.54, 1.807) is 6.08 Å². The Morgan fingerprint density at radius 1 is 0.414 bits per heavy atom. The first-order valence-corrected chi connectivity index (χ1v) is 23.9. The first-order chi connectivity index (χ1) is 28.5. The maximum absolute atomic E-state index is 14.8. The number of ether oxygens (including phenoxy) is 6. The average molecular weight is 809 g/mol. The highest BCUT2D eigenvalue weighted by atomic mass is 16.5. The summed E-state index contributed by atoms with van der Waals surface area (Å²) in [5.41, 5.74) is 1.16. The van der Waals surface area contributed by atoms with E-state index < -0.39 is 0 Å². The monoisotopic (exact) mass is 809 g/mol. The lowest BCUT2D eigenvalue weighted by Crippen LogP contribution is -2.12. The van der Waals surface area contributed by atoms with Gasteiger partial charge in [-0.05, 0) is 68.9 Å². The topological polar surface area (TPSA) is 72.5 Å². The van der Waals surface area contributed by atoms with E-state index in [9.17, 15) is 4.79 Å². The maximum Gasteiger partial charge on any atom is 0.193 e. The Morgan fingerprint density at radius 3 is 1.17 bits per heavy atom. The van der Waals surface area contributed by atoms with Gasteiger partial charge in [-0.1, -0.05) is 157 Å². The smallest absolute Gasteiger partial charge is 0.193 e. The lowest BCUT2D eigenvalue weighted by molar-refractivity contribution is 0.103. The normalized spacial score (nSPS) is 11.3. The molecule has 0 fully saturated rings. The molecule has 0 N–H and O–H groups in total. The van der Waals surface area contributed by atoms with Crippen molar-refractivity contribution < 1.29 is 33.2 Å². The molecule has 7 nitrogen and oxygen atoms in total. The van der Waals surface area contributed by atoms with E-state index in [-0.39, 0.29) is 5.78 Å². The van der Waals surface area contributed by atoms with Gasteiger partial charge in [-0.2, -0.15) is 0 Å². The van der Waals surface area contributed by atoms with Gasteiger partial charge in [-0.25, -0.2) is 0 Å². The van der Waals surface area contributed by atoms with Crippen molar-refractivity contribution in [1.82, 2.24) is 0 Å². The van der Waals surface area contributed by atoms with Crippen molar-refractivity contribution in [3.8, 4) is 34.5 Å². The van der Waals surface area contributed by atoms with Crippen LogP contribution in [0.5, 0.6) is 34.5 Å². The SMILES string of the molecule is CCCCCCOc1ccc(OCCCCCC)c(C=CC(=O)c2c(OCCCCCC)c(OCCCCCC)cc(OCCCCCC)c2OCCCCCC)c1. The molecule has 0 bridgehead atoms. The number of ketones is 1. The van der Waals surface area contributed by atoms with Crippen molar-refractivity contribution in [2.45, 2.75) is 196 Å². The summed E-state index contributed by atoms with van der Waals surface area (Å²) in [6.45, 7) is 16.6. The van der Waals surface area contributed by atoms with E-state index in [2.05, 4.69) is 41.5 Å². The average Bonchev–Trinajstić information content (AvgIpc) is 3.23. The van der Waals surface area contributed by atoms with Crippen LogP contribution in [0.2, 0.25) is 0 Å². The summed E-state index contributed by atoms with van der Waals surface area (Å²) < 4.78 is 38.7. The fourth-order valence-electron chi connectivity index (χ4n) is 6.71. The molecule has 0 radical (unpaired) electrons. The Morgan fingerprint density at radius 2 is 0.776 bits per heavy atom. The third-order valence-corrected chi connectivity index (χ3v) is 10.3. The Bertz CT molecular complexity index is 1300. The van der Waals surface area contributed by atoms with E-state index in [1.807, 2.05) is 30.3 Å². The van der Waals surface area contributed by atoms with Crippen molar-refractivity contribution >= 4 is 11.9 Å². The minimum Gasteiger partial charge on any atom is -0.494 e.